The molecule has 2 amide bonds. The number of ether oxygens (including phenoxy) is 2. The highest BCUT2D eigenvalue weighted by Gasteiger charge is 2.64. The standard InChI is InChI=1S/C19H23N3O7S/c1-5-12(29-11-8-6-7-10(9-11)22(26)27)15(23)20-13-16(24)21-14(18(25)28-4)19(2,3)30-17(13)21/h6-9,12-14,17H,5H2,1-4H3,(H,20,23)/t12?,13?,14?,17-/m0/s1. The van der Waals surface area contributed by atoms with E-state index in [0.29, 0.717) is 6.42 Å². The third-order valence-electron chi connectivity index (χ3n) is 5.13. The molecule has 2 heterocycles. The molecule has 1 N–H and O–H groups in total. The van der Waals surface area contributed by atoms with Crippen LogP contribution >= 0.6 is 11.8 Å². The monoisotopic (exact) mass is 437 g/mol. The molecule has 3 unspecified atom stereocenters. The van der Waals surface area contributed by atoms with E-state index in [-0.39, 0.29) is 22.7 Å². The average molecular weight is 437 g/mol. The van der Waals surface area contributed by atoms with E-state index in [4.69, 9.17) is 9.47 Å². The number of thioether (sulfide) groups is 1. The molecule has 2 saturated heterocycles. The fraction of sp³-hybridized carbons (Fsp3) is 0.526. The van der Waals surface area contributed by atoms with Crippen LogP contribution in [0, 0.1) is 10.1 Å². The van der Waals surface area contributed by atoms with Crippen LogP contribution in [-0.4, -0.2) is 63.0 Å². The van der Waals surface area contributed by atoms with Crippen molar-refractivity contribution in [3.8, 4) is 5.75 Å². The summed E-state index contributed by atoms with van der Waals surface area (Å²) in [6.45, 7) is 5.44. The van der Waals surface area contributed by atoms with Gasteiger partial charge in [0.25, 0.3) is 11.6 Å². The Morgan fingerprint density at radius 3 is 2.70 bits per heavy atom. The van der Waals surface area contributed by atoms with Gasteiger partial charge in [0.05, 0.1) is 18.1 Å². The van der Waals surface area contributed by atoms with Crippen molar-refractivity contribution in [3.05, 3.63) is 34.4 Å². The fourth-order valence-corrected chi connectivity index (χ4v) is 5.26. The van der Waals surface area contributed by atoms with Crippen LogP contribution in [0.25, 0.3) is 0 Å². The van der Waals surface area contributed by atoms with E-state index in [1.54, 1.807) is 6.92 Å². The zero-order valence-corrected chi connectivity index (χ0v) is 17.8. The van der Waals surface area contributed by atoms with Crippen LogP contribution < -0.4 is 10.1 Å². The van der Waals surface area contributed by atoms with Gasteiger partial charge in [-0.25, -0.2) is 4.79 Å². The number of methoxy groups -OCH3 is 1. The minimum absolute atomic E-state index is 0.147. The summed E-state index contributed by atoms with van der Waals surface area (Å²) in [5, 5.41) is 13.2. The summed E-state index contributed by atoms with van der Waals surface area (Å²) in [6.07, 6.45) is -0.627. The number of carbonyl (C=O) groups excluding carboxylic acids is 3. The molecule has 30 heavy (non-hydrogen) atoms. The molecule has 11 heteroatoms. The van der Waals surface area contributed by atoms with Gasteiger partial charge in [0.1, 0.15) is 23.2 Å². The molecule has 1 aromatic carbocycles. The summed E-state index contributed by atoms with van der Waals surface area (Å²) in [5.74, 6) is -1.16. The van der Waals surface area contributed by atoms with Gasteiger partial charge in [-0.15, -0.1) is 11.8 Å². The smallest absolute Gasteiger partial charge is 0.330 e. The van der Waals surface area contributed by atoms with Gasteiger partial charge in [0.2, 0.25) is 5.91 Å². The molecule has 162 valence electrons. The highest BCUT2D eigenvalue weighted by Crippen LogP contribution is 2.51. The van der Waals surface area contributed by atoms with E-state index in [2.05, 4.69) is 5.32 Å². The second-order valence-electron chi connectivity index (χ2n) is 7.54. The number of carbonyl (C=O) groups is 3. The Balaban J connectivity index is 1.68. The zero-order chi connectivity index (χ0) is 22.2. The molecule has 2 aliphatic heterocycles. The van der Waals surface area contributed by atoms with E-state index in [1.165, 1.54) is 48.0 Å². The van der Waals surface area contributed by atoms with E-state index in [9.17, 15) is 24.5 Å². The van der Waals surface area contributed by atoms with Crippen LogP contribution in [0.4, 0.5) is 5.69 Å². The van der Waals surface area contributed by atoms with Crippen LogP contribution in [0.1, 0.15) is 27.2 Å². The second-order valence-corrected chi connectivity index (χ2v) is 9.31. The van der Waals surface area contributed by atoms with Gasteiger partial charge in [0, 0.05) is 10.8 Å². The summed E-state index contributed by atoms with van der Waals surface area (Å²) in [5.41, 5.74) is -0.147. The van der Waals surface area contributed by atoms with Gasteiger partial charge in [-0.2, -0.15) is 0 Å². The first-order chi connectivity index (χ1) is 14.1. The molecular weight excluding hydrogens is 414 g/mol. The van der Waals surface area contributed by atoms with E-state index >= 15 is 0 Å². The molecule has 1 aromatic rings. The van der Waals surface area contributed by atoms with Crippen molar-refractivity contribution in [2.75, 3.05) is 7.11 Å². The first kappa shape index (κ1) is 21.9. The van der Waals surface area contributed by atoms with Crippen LogP contribution in [0.2, 0.25) is 0 Å². The topological polar surface area (TPSA) is 128 Å². The van der Waals surface area contributed by atoms with Crippen molar-refractivity contribution in [1.82, 2.24) is 10.2 Å². The molecule has 0 aromatic heterocycles. The number of hydrogen-bond acceptors (Lipinski definition) is 8. The highest BCUT2D eigenvalue weighted by molar-refractivity contribution is 8.01. The summed E-state index contributed by atoms with van der Waals surface area (Å²) in [6, 6.07) is 4.06. The molecule has 2 aliphatic rings. The lowest BCUT2D eigenvalue weighted by atomic mass is 9.96. The number of nitrogens with one attached hydrogen (secondary N) is 1. The van der Waals surface area contributed by atoms with Gasteiger partial charge < -0.3 is 19.7 Å². The average Bonchev–Trinajstić information content (AvgIpc) is 2.97. The molecule has 10 nitrogen and oxygen atoms in total. The summed E-state index contributed by atoms with van der Waals surface area (Å²) in [7, 11) is 1.27. The number of esters is 1. The zero-order valence-electron chi connectivity index (χ0n) is 17.0. The lowest BCUT2D eigenvalue weighted by Crippen LogP contribution is -2.71. The Hall–Kier alpha value is -2.82. The predicted octanol–water partition coefficient (Wildman–Crippen LogP) is 1.47. The summed E-state index contributed by atoms with van der Waals surface area (Å²) < 4.78 is 9.90. The Bertz CT molecular complexity index is 891. The van der Waals surface area contributed by atoms with Crippen LogP contribution in [0.15, 0.2) is 24.3 Å². The maximum atomic E-state index is 12.7. The maximum Gasteiger partial charge on any atom is 0.330 e. The third-order valence-corrected chi connectivity index (χ3v) is 6.70. The lowest BCUT2D eigenvalue weighted by Gasteiger charge is -2.44. The quantitative estimate of drug-likeness (QED) is 0.294. The van der Waals surface area contributed by atoms with Gasteiger partial charge >= 0.3 is 5.97 Å². The molecule has 0 radical (unpaired) electrons. The lowest BCUT2D eigenvalue weighted by molar-refractivity contribution is -0.384. The number of amides is 2. The molecule has 0 spiro atoms. The molecular formula is C19H23N3O7S. The molecule has 0 aliphatic carbocycles. The second kappa shape index (κ2) is 8.13. The Kier molecular flexibility index (Phi) is 5.93. The largest absolute Gasteiger partial charge is 0.480 e. The first-order valence-corrected chi connectivity index (χ1v) is 10.3. The van der Waals surface area contributed by atoms with Crippen molar-refractivity contribution >= 4 is 35.2 Å². The molecule has 0 saturated carbocycles. The Labute approximate surface area is 177 Å². The van der Waals surface area contributed by atoms with Gasteiger partial charge in [-0.3, -0.25) is 19.7 Å². The molecule has 0 bridgehead atoms. The molecule has 4 atom stereocenters. The number of nitro benzene ring substituents is 1. The van der Waals surface area contributed by atoms with Crippen LogP contribution in [0.5, 0.6) is 5.75 Å². The number of benzene rings is 1. The first-order valence-electron chi connectivity index (χ1n) is 9.40. The number of non-ortho nitro benzene ring substituents is 1. The van der Waals surface area contributed by atoms with Crippen molar-refractivity contribution in [1.29, 1.82) is 0 Å². The normalized spacial score (nSPS) is 25.0. The minimum Gasteiger partial charge on any atom is -0.480 e. The summed E-state index contributed by atoms with van der Waals surface area (Å²) in [4.78, 5) is 49.3. The van der Waals surface area contributed by atoms with E-state index in [0.717, 1.165) is 0 Å². The Morgan fingerprint density at radius 1 is 1.40 bits per heavy atom. The van der Waals surface area contributed by atoms with E-state index < -0.39 is 39.7 Å². The van der Waals surface area contributed by atoms with Crippen LogP contribution in [0.3, 0.4) is 0 Å². The maximum absolute atomic E-state index is 12.7. The SMILES string of the molecule is CCC(Oc1cccc([N+](=O)[O-])c1)C(=O)NC1C(=O)N2C(C(=O)OC)C(C)(C)S[C@@H]12. The van der Waals surface area contributed by atoms with Crippen LogP contribution in [-0.2, 0) is 19.1 Å². The number of fused-ring (bicyclic) bond motifs is 1. The highest BCUT2D eigenvalue weighted by atomic mass is 32.2. The molecule has 3 rings (SSSR count). The number of nitro groups is 1. The van der Waals surface area contributed by atoms with Gasteiger partial charge in [-0.05, 0) is 26.3 Å². The minimum atomic E-state index is -0.926. The van der Waals surface area contributed by atoms with Crippen molar-refractivity contribution < 1.29 is 28.8 Å². The third kappa shape index (κ3) is 3.81. The van der Waals surface area contributed by atoms with Crippen molar-refractivity contribution in [2.24, 2.45) is 0 Å². The summed E-state index contributed by atoms with van der Waals surface area (Å²) >= 11 is 1.43. The molecule has 2 fully saturated rings. The number of hydrogen-bond donors (Lipinski definition) is 1. The number of nitrogens with zero attached hydrogens (tertiary/aromatic N) is 2. The Morgan fingerprint density at radius 2 is 2.10 bits per heavy atom. The number of β-lactam (4-membered cyclic amide) rings is 1. The van der Waals surface area contributed by atoms with Crippen molar-refractivity contribution in [3.63, 3.8) is 0 Å². The predicted molar refractivity (Wildman–Crippen MR) is 108 cm³/mol. The van der Waals surface area contributed by atoms with Gasteiger partial charge in [0.15, 0.2) is 6.10 Å². The fourth-order valence-electron chi connectivity index (χ4n) is 3.64. The van der Waals surface area contributed by atoms with Gasteiger partial charge in [-0.1, -0.05) is 13.0 Å². The van der Waals surface area contributed by atoms with Crippen molar-refractivity contribution in [2.45, 2.75) is 55.5 Å². The number of rotatable bonds is 7. The van der Waals surface area contributed by atoms with E-state index in [1.807, 2.05) is 13.8 Å².